The second-order valence-corrected chi connectivity index (χ2v) is 6.05. The Kier molecular flexibility index (Phi) is 5.38. The number of hydrogen-bond acceptors (Lipinski definition) is 4. The summed E-state index contributed by atoms with van der Waals surface area (Å²) < 4.78 is 5.21. The van der Waals surface area contributed by atoms with Crippen LogP contribution < -0.4 is 15.4 Å². The van der Waals surface area contributed by atoms with E-state index in [4.69, 9.17) is 4.74 Å². The monoisotopic (exact) mass is 354 g/mol. The number of anilines is 1. The third kappa shape index (κ3) is 3.94. The van der Waals surface area contributed by atoms with Gasteiger partial charge in [0.25, 0.3) is 0 Å². The summed E-state index contributed by atoms with van der Waals surface area (Å²) in [5.41, 5.74) is 2.82. The molecule has 0 spiro atoms. The number of benzene rings is 1. The number of aryl methyl sites for hydroxylation is 1. The summed E-state index contributed by atoms with van der Waals surface area (Å²) in [7, 11) is 1.52. The zero-order valence-electron chi connectivity index (χ0n) is 14.7. The zero-order chi connectivity index (χ0) is 18.5. The Morgan fingerprint density at radius 3 is 2.88 bits per heavy atom. The molecule has 0 saturated carbocycles. The van der Waals surface area contributed by atoms with Gasteiger partial charge in [-0.2, -0.15) is 0 Å². The van der Waals surface area contributed by atoms with Gasteiger partial charge in [-0.1, -0.05) is 18.2 Å². The van der Waals surface area contributed by atoms with Crippen LogP contribution in [-0.4, -0.2) is 40.9 Å². The van der Waals surface area contributed by atoms with Crippen molar-refractivity contribution in [1.29, 1.82) is 0 Å². The number of nitrogens with one attached hydrogen (secondary N) is 3. The van der Waals surface area contributed by atoms with Crippen LogP contribution in [0.4, 0.5) is 10.6 Å². The fourth-order valence-corrected chi connectivity index (χ4v) is 2.85. The van der Waals surface area contributed by atoms with Crippen molar-refractivity contribution < 1.29 is 14.6 Å². The number of hydrogen-bond donors (Lipinski definition) is 4. The van der Waals surface area contributed by atoms with Crippen molar-refractivity contribution in [2.45, 2.75) is 19.4 Å². The first-order valence-corrected chi connectivity index (χ1v) is 8.35. The number of rotatable bonds is 6. The van der Waals surface area contributed by atoms with Gasteiger partial charge in [0.2, 0.25) is 0 Å². The summed E-state index contributed by atoms with van der Waals surface area (Å²) in [5.74, 6) is 0.816. The normalized spacial score (nSPS) is 12.0. The van der Waals surface area contributed by atoms with Gasteiger partial charge in [0.05, 0.1) is 19.8 Å². The van der Waals surface area contributed by atoms with Crippen molar-refractivity contribution in [3.05, 3.63) is 53.9 Å². The third-order valence-corrected chi connectivity index (χ3v) is 4.15. The number of H-pyrrole nitrogens is 1. The summed E-state index contributed by atoms with van der Waals surface area (Å²) in [4.78, 5) is 19.8. The lowest BCUT2D eigenvalue weighted by Gasteiger charge is -2.17. The molecular formula is C19H22N4O3. The van der Waals surface area contributed by atoms with E-state index in [0.717, 1.165) is 22.2 Å². The predicted molar refractivity (Wildman–Crippen MR) is 101 cm³/mol. The van der Waals surface area contributed by atoms with Crippen LogP contribution in [0.15, 0.2) is 42.6 Å². The van der Waals surface area contributed by atoms with Crippen molar-refractivity contribution in [3.8, 4) is 5.75 Å². The van der Waals surface area contributed by atoms with Crippen LogP contribution in [-0.2, 0) is 6.42 Å². The van der Waals surface area contributed by atoms with Crippen LogP contribution in [0.5, 0.6) is 5.75 Å². The topological polar surface area (TPSA) is 99.3 Å². The molecule has 26 heavy (non-hydrogen) atoms. The molecule has 2 amide bonds. The number of ether oxygens (including phenoxy) is 1. The van der Waals surface area contributed by atoms with E-state index in [1.165, 1.54) is 7.11 Å². The molecule has 4 N–H and O–H groups in total. The Morgan fingerprint density at radius 2 is 2.12 bits per heavy atom. The maximum atomic E-state index is 12.3. The number of urea groups is 1. The fourth-order valence-electron chi connectivity index (χ4n) is 2.85. The van der Waals surface area contributed by atoms with Crippen molar-refractivity contribution in [3.63, 3.8) is 0 Å². The summed E-state index contributed by atoms with van der Waals surface area (Å²) in [6.45, 7) is 1.65. The van der Waals surface area contributed by atoms with Gasteiger partial charge in [-0.3, -0.25) is 5.32 Å². The lowest BCUT2D eigenvalue weighted by atomic mass is 10.1. The number of aliphatic hydroxyl groups is 1. The Bertz CT molecular complexity index is 907. The minimum atomic E-state index is -0.444. The van der Waals surface area contributed by atoms with Crippen molar-refractivity contribution in [2.24, 2.45) is 0 Å². The molecule has 0 aliphatic heterocycles. The maximum Gasteiger partial charge on any atom is 0.320 e. The first kappa shape index (κ1) is 17.8. The summed E-state index contributed by atoms with van der Waals surface area (Å²) in [6, 6.07) is 10.6. The number of methoxy groups -OCH3 is 1. The van der Waals surface area contributed by atoms with Crippen LogP contribution in [0.1, 0.15) is 11.3 Å². The molecular weight excluding hydrogens is 332 g/mol. The van der Waals surface area contributed by atoms with E-state index in [1.54, 1.807) is 12.1 Å². The first-order chi connectivity index (χ1) is 12.6. The molecule has 3 rings (SSSR count). The highest BCUT2D eigenvalue weighted by atomic mass is 16.5. The average molecular weight is 354 g/mol. The Balaban J connectivity index is 1.68. The van der Waals surface area contributed by atoms with Crippen LogP contribution in [0, 0.1) is 6.92 Å². The van der Waals surface area contributed by atoms with Crippen molar-refractivity contribution >= 4 is 22.8 Å². The second kappa shape index (κ2) is 7.88. The maximum absolute atomic E-state index is 12.3. The largest absolute Gasteiger partial charge is 0.493 e. The lowest BCUT2D eigenvalue weighted by molar-refractivity contribution is 0.224. The summed E-state index contributed by atoms with van der Waals surface area (Å²) in [6.07, 6.45) is 2.41. The van der Waals surface area contributed by atoms with Gasteiger partial charge < -0.3 is 20.1 Å². The lowest BCUT2D eigenvalue weighted by Crippen LogP contribution is -2.41. The van der Waals surface area contributed by atoms with E-state index in [2.05, 4.69) is 20.6 Å². The van der Waals surface area contributed by atoms with Crippen molar-refractivity contribution in [1.82, 2.24) is 15.3 Å². The van der Waals surface area contributed by atoms with Crippen LogP contribution >= 0.6 is 0 Å². The number of aliphatic hydroxyl groups excluding tert-OH is 1. The van der Waals surface area contributed by atoms with Gasteiger partial charge in [0, 0.05) is 22.8 Å². The number of aromatic amines is 1. The highest BCUT2D eigenvalue weighted by molar-refractivity contribution is 5.90. The van der Waals surface area contributed by atoms with Gasteiger partial charge in [-0.25, -0.2) is 9.78 Å². The zero-order valence-corrected chi connectivity index (χ0v) is 14.7. The van der Waals surface area contributed by atoms with Crippen LogP contribution in [0.2, 0.25) is 0 Å². The number of para-hydroxylation sites is 1. The molecule has 0 fully saturated rings. The summed E-state index contributed by atoms with van der Waals surface area (Å²) >= 11 is 0. The van der Waals surface area contributed by atoms with E-state index in [-0.39, 0.29) is 6.61 Å². The average Bonchev–Trinajstić information content (AvgIpc) is 3.04. The van der Waals surface area contributed by atoms with Crippen LogP contribution in [0.3, 0.4) is 0 Å². The molecule has 0 radical (unpaired) electrons. The molecule has 0 aliphatic carbocycles. The van der Waals surface area contributed by atoms with E-state index in [9.17, 15) is 9.90 Å². The number of nitrogens with zero attached hydrogens (tertiary/aromatic N) is 1. The highest BCUT2D eigenvalue weighted by Gasteiger charge is 2.16. The quantitative estimate of drug-likeness (QED) is 0.547. The molecule has 7 nitrogen and oxygen atoms in total. The smallest absolute Gasteiger partial charge is 0.320 e. The molecule has 1 atom stereocenters. The Hall–Kier alpha value is -3.06. The molecule has 2 heterocycles. The number of fused-ring (bicyclic) bond motifs is 1. The summed E-state index contributed by atoms with van der Waals surface area (Å²) in [5, 5.41) is 16.2. The minimum Gasteiger partial charge on any atom is -0.493 e. The molecule has 1 unspecified atom stereocenters. The van der Waals surface area contributed by atoms with Gasteiger partial charge in [-0.15, -0.1) is 0 Å². The van der Waals surface area contributed by atoms with Crippen molar-refractivity contribution in [2.75, 3.05) is 19.0 Å². The number of carbonyl (C=O) groups excluding carboxylic acids is 1. The molecule has 1 aromatic carbocycles. The molecule has 7 heteroatoms. The minimum absolute atomic E-state index is 0.175. The standard InChI is InChI=1S/C19H22N4O3/c1-12-7-8-17(26-2)18(21-12)23-19(25)22-14(11-24)9-13-10-20-16-6-4-3-5-15(13)16/h3-8,10,14,20,24H,9,11H2,1-2H3,(H2,21,22,23,25). The predicted octanol–water partition coefficient (Wildman–Crippen LogP) is 2.61. The Labute approximate surface area is 151 Å². The van der Waals surface area contributed by atoms with E-state index in [1.807, 2.05) is 37.4 Å². The molecule has 3 aromatic rings. The molecule has 2 aromatic heterocycles. The first-order valence-electron chi connectivity index (χ1n) is 8.35. The van der Waals surface area contributed by atoms with Crippen LogP contribution in [0.25, 0.3) is 10.9 Å². The SMILES string of the molecule is COc1ccc(C)nc1NC(=O)NC(CO)Cc1c[nH]c2ccccc12. The third-order valence-electron chi connectivity index (χ3n) is 4.15. The highest BCUT2D eigenvalue weighted by Crippen LogP contribution is 2.22. The van der Waals surface area contributed by atoms with E-state index < -0.39 is 12.1 Å². The van der Waals surface area contributed by atoms with Gasteiger partial charge in [0.1, 0.15) is 0 Å². The van der Waals surface area contributed by atoms with Gasteiger partial charge >= 0.3 is 6.03 Å². The van der Waals surface area contributed by atoms with Gasteiger partial charge in [0.15, 0.2) is 11.6 Å². The number of pyridine rings is 1. The fraction of sp³-hybridized carbons (Fsp3) is 0.263. The number of carbonyl (C=O) groups is 1. The number of amides is 2. The molecule has 136 valence electrons. The van der Waals surface area contributed by atoms with Gasteiger partial charge in [-0.05, 0) is 37.1 Å². The molecule has 0 saturated heterocycles. The van der Waals surface area contributed by atoms with E-state index in [0.29, 0.717) is 18.0 Å². The Morgan fingerprint density at radius 1 is 1.31 bits per heavy atom. The number of aromatic nitrogens is 2. The van der Waals surface area contributed by atoms with E-state index >= 15 is 0 Å². The molecule has 0 aliphatic rings. The second-order valence-electron chi connectivity index (χ2n) is 6.05. The molecule has 0 bridgehead atoms.